The summed E-state index contributed by atoms with van der Waals surface area (Å²) in [6.07, 6.45) is 3.73. The van der Waals surface area contributed by atoms with Crippen molar-refractivity contribution in [3.8, 4) is 0 Å². The summed E-state index contributed by atoms with van der Waals surface area (Å²) in [4.78, 5) is 14.2. The molecule has 2 rings (SSSR count). The second kappa shape index (κ2) is 6.21. The number of benzene rings is 1. The lowest BCUT2D eigenvalue weighted by molar-refractivity contribution is -0.133. The minimum absolute atomic E-state index is 0.174. The van der Waals surface area contributed by atoms with Crippen LogP contribution in [0.5, 0.6) is 0 Å². The first-order valence-electron chi connectivity index (χ1n) is 6.44. The smallest absolute Gasteiger partial charge is 0.227 e. The van der Waals surface area contributed by atoms with Crippen molar-refractivity contribution in [2.45, 2.75) is 31.7 Å². The lowest BCUT2D eigenvalue weighted by atomic mass is 10.0. The summed E-state index contributed by atoms with van der Waals surface area (Å²) in [5.41, 5.74) is 6.74. The third kappa shape index (κ3) is 3.24. The van der Waals surface area contributed by atoms with Gasteiger partial charge in [-0.15, -0.1) is 0 Å². The van der Waals surface area contributed by atoms with Gasteiger partial charge in [-0.1, -0.05) is 23.7 Å². The number of hydrogen-bond donors (Lipinski definition) is 1. The van der Waals surface area contributed by atoms with Crippen LogP contribution in [0.25, 0.3) is 0 Å². The first-order chi connectivity index (χ1) is 8.70. The Bertz CT molecular complexity index is 405. The van der Waals surface area contributed by atoms with Crippen molar-refractivity contribution in [2.75, 3.05) is 13.1 Å². The topological polar surface area (TPSA) is 46.3 Å². The summed E-state index contributed by atoms with van der Waals surface area (Å²) in [7, 11) is 0. The number of carbonyl (C=O) groups excluding carboxylic acids is 1. The monoisotopic (exact) mass is 266 g/mol. The molecule has 0 bridgehead atoms. The van der Waals surface area contributed by atoms with E-state index in [0.717, 1.165) is 24.9 Å². The summed E-state index contributed by atoms with van der Waals surface area (Å²) in [5.74, 6) is 0.174. The molecular formula is C14H19ClN2O. The van der Waals surface area contributed by atoms with Crippen LogP contribution < -0.4 is 5.73 Å². The molecule has 1 aliphatic heterocycles. The van der Waals surface area contributed by atoms with Gasteiger partial charge in [-0.2, -0.15) is 0 Å². The Labute approximate surface area is 113 Å². The van der Waals surface area contributed by atoms with Crippen molar-refractivity contribution in [1.29, 1.82) is 0 Å². The quantitative estimate of drug-likeness (QED) is 0.912. The standard InChI is InChI=1S/C14H19ClN2O/c15-12-6-4-11(5-7-12)9-14(18)17-8-2-1-3-13(17)10-16/h4-7,13H,1-3,8-10,16H2. The lowest BCUT2D eigenvalue weighted by Gasteiger charge is -2.35. The van der Waals surface area contributed by atoms with Crippen LogP contribution in [0.1, 0.15) is 24.8 Å². The maximum atomic E-state index is 12.3. The highest BCUT2D eigenvalue weighted by molar-refractivity contribution is 6.30. The van der Waals surface area contributed by atoms with E-state index in [9.17, 15) is 4.79 Å². The number of amides is 1. The SMILES string of the molecule is NCC1CCCCN1C(=O)Cc1ccc(Cl)cc1. The first-order valence-corrected chi connectivity index (χ1v) is 6.82. The first kappa shape index (κ1) is 13.4. The summed E-state index contributed by atoms with van der Waals surface area (Å²) >= 11 is 5.83. The van der Waals surface area contributed by atoms with Crippen LogP contribution in [-0.2, 0) is 11.2 Å². The number of halogens is 1. The van der Waals surface area contributed by atoms with Gasteiger partial charge in [0.2, 0.25) is 5.91 Å². The van der Waals surface area contributed by atoms with E-state index in [2.05, 4.69) is 0 Å². The molecule has 1 aromatic rings. The average molecular weight is 267 g/mol. The Hall–Kier alpha value is -1.06. The Morgan fingerprint density at radius 3 is 2.72 bits per heavy atom. The number of hydrogen-bond acceptors (Lipinski definition) is 2. The molecule has 4 heteroatoms. The Kier molecular flexibility index (Phi) is 4.61. The van der Waals surface area contributed by atoms with E-state index in [1.165, 1.54) is 6.42 Å². The van der Waals surface area contributed by atoms with E-state index in [-0.39, 0.29) is 11.9 Å². The second-order valence-electron chi connectivity index (χ2n) is 4.78. The molecule has 2 N–H and O–H groups in total. The molecule has 1 unspecified atom stereocenters. The number of carbonyl (C=O) groups is 1. The number of likely N-dealkylation sites (tertiary alicyclic amines) is 1. The van der Waals surface area contributed by atoms with Crippen molar-refractivity contribution in [3.05, 3.63) is 34.9 Å². The molecule has 0 saturated carbocycles. The fraction of sp³-hybridized carbons (Fsp3) is 0.500. The maximum absolute atomic E-state index is 12.3. The van der Waals surface area contributed by atoms with Crippen LogP contribution in [0.15, 0.2) is 24.3 Å². The highest BCUT2D eigenvalue weighted by Gasteiger charge is 2.25. The van der Waals surface area contributed by atoms with Gasteiger partial charge in [-0.05, 0) is 37.0 Å². The van der Waals surface area contributed by atoms with Gasteiger partial charge in [-0.3, -0.25) is 4.79 Å². The van der Waals surface area contributed by atoms with Crippen molar-refractivity contribution < 1.29 is 4.79 Å². The molecule has 1 fully saturated rings. The van der Waals surface area contributed by atoms with Gasteiger partial charge < -0.3 is 10.6 Å². The van der Waals surface area contributed by atoms with E-state index in [4.69, 9.17) is 17.3 Å². The molecule has 0 aliphatic carbocycles. The highest BCUT2D eigenvalue weighted by atomic mass is 35.5. The third-order valence-corrected chi connectivity index (χ3v) is 3.74. The number of nitrogens with zero attached hydrogens (tertiary/aromatic N) is 1. The van der Waals surface area contributed by atoms with Crippen LogP contribution in [0.3, 0.4) is 0 Å². The molecule has 0 aromatic heterocycles. The summed E-state index contributed by atoms with van der Waals surface area (Å²) in [5, 5.41) is 0.698. The number of rotatable bonds is 3. The zero-order valence-electron chi connectivity index (χ0n) is 10.4. The number of nitrogens with two attached hydrogens (primary N) is 1. The van der Waals surface area contributed by atoms with Gasteiger partial charge in [0.1, 0.15) is 0 Å². The molecule has 1 heterocycles. The fourth-order valence-corrected chi connectivity index (χ4v) is 2.58. The molecule has 1 aliphatic rings. The van der Waals surface area contributed by atoms with Gasteiger partial charge in [0.25, 0.3) is 0 Å². The molecule has 98 valence electrons. The summed E-state index contributed by atoms with van der Waals surface area (Å²) < 4.78 is 0. The zero-order valence-corrected chi connectivity index (χ0v) is 11.2. The Morgan fingerprint density at radius 1 is 1.33 bits per heavy atom. The summed E-state index contributed by atoms with van der Waals surface area (Å²) in [6.45, 7) is 1.40. The molecule has 1 amide bonds. The molecule has 18 heavy (non-hydrogen) atoms. The van der Waals surface area contributed by atoms with Crippen LogP contribution in [0.4, 0.5) is 0 Å². The van der Waals surface area contributed by atoms with Gasteiger partial charge in [0.05, 0.1) is 6.42 Å². The minimum atomic E-state index is 0.174. The van der Waals surface area contributed by atoms with Crippen molar-refractivity contribution in [1.82, 2.24) is 4.90 Å². The predicted octanol–water partition coefficient (Wildman–Crippen LogP) is 2.22. The van der Waals surface area contributed by atoms with E-state index in [1.54, 1.807) is 0 Å². The Morgan fingerprint density at radius 2 is 2.06 bits per heavy atom. The molecule has 1 atom stereocenters. The van der Waals surface area contributed by atoms with E-state index < -0.39 is 0 Å². The molecule has 1 saturated heterocycles. The average Bonchev–Trinajstić information content (AvgIpc) is 2.41. The van der Waals surface area contributed by atoms with Crippen molar-refractivity contribution >= 4 is 17.5 Å². The summed E-state index contributed by atoms with van der Waals surface area (Å²) in [6, 6.07) is 7.67. The molecular weight excluding hydrogens is 248 g/mol. The van der Waals surface area contributed by atoms with Gasteiger partial charge >= 0.3 is 0 Å². The second-order valence-corrected chi connectivity index (χ2v) is 5.21. The Balaban J connectivity index is 2.00. The van der Waals surface area contributed by atoms with Gasteiger partial charge in [-0.25, -0.2) is 0 Å². The zero-order chi connectivity index (χ0) is 13.0. The largest absolute Gasteiger partial charge is 0.338 e. The van der Waals surface area contributed by atoms with Crippen molar-refractivity contribution in [3.63, 3.8) is 0 Å². The van der Waals surface area contributed by atoms with Gasteiger partial charge in [0, 0.05) is 24.2 Å². The van der Waals surface area contributed by atoms with Crippen LogP contribution in [0, 0.1) is 0 Å². The molecule has 0 spiro atoms. The predicted molar refractivity (Wildman–Crippen MR) is 73.6 cm³/mol. The molecule has 1 aromatic carbocycles. The van der Waals surface area contributed by atoms with Crippen molar-refractivity contribution in [2.24, 2.45) is 5.73 Å². The van der Waals surface area contributed by atoms with Crippen LogP contribution in [0.2, 0.25) is 5.02 Å². The maximum Gasteiger partial charge on any atom is 0.227 e. The molecule has 0 radical (unpaired) electrons. The minimum Gasteiger partial charge on any atom is -0.338 e. The van der Waals surface area contributed by atoms with Crippen LogP contribution in [-0.4, -0.2) is 29.9 Å². The van der Waals surface area contributed by atoms with E-state index in [1.807, 2.05) is 29.2 Å². The normalized spacial score (nSPS) is 19.9. The van der Waals surface area contributed by atoms with E-state index >= 15 is 0 Å². The number of piperidine rings is 1. The highest BCUT2D eigenvalue weighted by Crippen LogP contribution is 2.18. The third-order valence-electron chi connectivity index (χ3n) is 3.49. The van der Waals surface area contributed by atoms with Gasteiger partial charge in [0.15, 0.2) is 0 Å². The van der Waals surface area contributed by atoms with Crippen LogP contribution >= 0.6 is 11.6 Å². The lowest BCUT2D eigenvalue weighted by Crippen LogP contribution is -2.48. The van der Waals surface area contributed by atoms with E-state index in [0.29, 0.717) is 18.0 Å². The fourth-order valence-electron chi connectivity index (χ4n) is 2.45. The molecule has 3 nitrogen and oxygen atoms in total.